The third-order valence-corrected chi connectivity index (χ3v) is 2.19. The normalized spacial score (nSPS) is 31.2. The molecule has 72 valence electrons. The summed E-state index contributed by atoms with van der Waals surface area (Å²) in [5.74, 6) is 0. The fourth-order valence-corrected chi connectivity index (χ4v) is 1.44. The summed E-state index contributed by atoms with van der Waals surface area (Å²) in [4.78, 5) is 2.07. The van der Waals surface area contributed by atoms with Crippen molar-refractivity contribution >= 4 is 0 Å². The lowest BCUT2D eigenvalue weighted by atomic mass is 10.3. The molecule has 0 aromatic heterocycles. The summed E-state index contributed by atoms with van der Waals surface area (Å²) in [6.07, 6.45) is -1.10. The number of hydrogen-bond donors (Lipinski definition) is 3. The molecule has 4 heteroatoms. The summed E-state index contributed by atoms with van der Waals surface area (Å²) >= 11 is 0. The molecule has 0 spiro atoms. The van der Waals surface area contributed by atoms with E-state index in [1.807, 2.05) is 0 Å². The molecule has 1 fully saturated rings. The Morgan fingerprint density at radius 1 is 1.33 bits per heavy atom. The molecule has 0 amide bonds. The quantitative estimate of drug-likeness (QED) is 0.460. The minimum atomic E-state index is -0.549. The lowest BCUT2D eigenvalue weighted by Gasteiger charge is -2.13. The van der Waals surface area contributed by atoms with Crippen LogP contribution in [-0.4, -0.2) is 60.0 Å². The van der Waals surface area contributed by atoms with Gasteiger partial charge in [0.15, 0.2) is 0 Å². The predicted octanol–water partition coefficient (Wildman–Crippen LogP) is -1.37. The van der Waals surface area contributed by atoms with E-state index in [1.165, 1.54) is 0 Å². The topological polar surface area (TPSA) is 55.7 Å². The molecule has 1 rings (SSSR count). The van der Waals surface area contributed by atoms with E-state index in [0.29, 0.717) is 13.1 Å². The third kappa shape index (κ3) is 2.71. The van der Waals surface area contributed by atoms with Crippen molar-refractivity contribution in [2.45, 2.75) is 19.1 Å². The van der Waals surface area contributed by atoms with Gasteiger partial charge in [0.2, 0.25) is 0 Å². The molecular formula is C8H18N2O2. The summed E-state index contributed by atoms with van der Waals surface area (Å²) in [6, 6.07) is 0. The molecule has 0 aromatic rings. The molecular weight excluding hydrogens is 156 g/mol. The van der Waals surface area contributed by atoms with Crippen molar-refractivity contribution in [2.75, 3.05) is 32.7 Å². The Bertz CT molecular complexity index is 122. The minimum Gasteiger partial charge on any atom is -0.389 e. The molecule has 0 aliphatic carbocycles. The van der Waals surface area contributed by atoms with Crippen LogP contribution < -0.4 is 5.32 Å². The maximum Gasteiger partial charge on any atom is 0.0938 e. The number of nitrogens with one attached hydrogen (secondary N) is 1. The van der Waals surface area contributed by atoms with Crippen molar-refractivity contribution in [1.82, 2.24) is 10.2 Å². The van der Waals surface area contributed by atoms with Gasteiger partial charge in [-0.3, -0.25) is 4.90 Å². The zero-order valence-corrected chi connectivity index (χ0v) is 7.53. The molecule has 0 bridgehead atoms. The van der Waals surface area contributed by atoms with Crippen molar-refractivity contribution in [2.24, 2.45) is 0 Å². The van der Waals surface area contributed by atoms with Gasteiger partial charge < -0.3 is 15.5 Å². The number of nitrogens with zero attached hydrogens (tertiary/aromatic N) is 1. The summed E-state index contributed by atoms with van der Waals surface area (Å²) in [6.45, 7) is 6.07. The summed E-state index contributed by atoms with van der Waals surface area (Å²) in [5.41, 5.74) is 0. The summed E-state index contributed by atoms with van der Waals surface area (Å²) in [7, 11) is 0. The second-order valence-electron chi connectivity index (χ2n) is 3.25. The van der Waals surface area contributed by atoms with Crippen LogP contribution in [0.4, 0.5) is 0 Å². The highest BCUT2D eigenvalue weighted by atomic mass is 16.3. The highest BCUT2D eigenvalue weighted by molar-refractivity contribution is 4.83. The number of likely N-dealkylation sites (tertiary alicyclic amines) is 1. The van der Waals surface area contributed by atoms with Gasteiger partial charge in [0.05, 0.1) is 12.2 Å². The van der Waals surface area contributed by atoms with E-state index in [9.17, 15) is 10.2 Å². The van der Waals surface area contributed by atoms with Crippen LogP contribution in [0, 0.1) is 0 Å². The number of rotatable bonds is 4. The molecule has 12 heavy (non-hydrogen) atoms. The van der Waals surface area contributed by atoms with Gasteiger partial charge >= 0.3 is 0 Å². The van der Waals surface area contributed by atoms with Crippen LogP contribution in [0.25, 0.3) is 0 Å². The molecule has 0 unspecified atom stereocenters. The Morgan fingerprint density at radius 2 is 1.92 bits per heavy atom. The van der Waals surface area contributed by atoms with Crippen LogP contribution in [0.3, 0.4) is 0 Å². The van der Waals surface area contributed by atoms with E-state index in [4.69, 9.17) is 0 Å². The fraction of sp³-hybridized carbons (Fsp3) is 1.00. The highest BCUT2D eigenvalue weighted by Gasteiger charge is 2.28. The van der Waals surface area contributed by atoms with Gasteiger partial charge in [-0.25, -0.2) is 0 Å². The molecule has 0 aromatic carbocycles. The number of likely N-dealkylation sites (N-methyl/N-ethyl adjacent to an activating group) is 1. The first-order chi connectivity index (χ1) is 5.74. The zero-order chi connectivity index (χ0) is 8.97. The van der Waals surface area contributed by atoms with Crippen molar-refractivity contribution in [3.8, 4) is 0 Å². The number of aliphatic hydroxyl groups excluding tert-OH is 2. The molecule has 0 radical (unpaired) electrons. The van der Waals surface area contributed by atoms with Crippen molar-refractivity contribution in [1.29, 1.82) is 0 Å². The van der Waals surface area contributed by atoms with Gasteiger partial charge in [-0.1, -0.05) is 6.92 Å². The van der Waals surface area contributed by atoms with E-state index >= 15 is 0 Å². The number of β-amino-alcohol motifs (C(OH)–C–C–N with tert-alkyl or cyclic N) is 2. The summed E-state index contributed by atoms with van der Waals surface area (Å²) in [5, 5.41) is 21.6. The molecule has 2 atom stereocenters. The second kappa shape index (κ2) is 4.77. The molecule has 4 nitrogen and oxygen atoms in total. The first-order valence-corrected chi connectivity index (χ1v) is 4.53. The van der Waals surface area contributed by atoms with E-state index in [0.717, 1.165) is 19.6 Å². The zero-order valence-electron chi connectivity index (χ0n) is 7.53. The molecule has 1 saturated heterocycles. The maximum atomic E-state index is 9.21. The third-order valence-electron chi connectivity index (χ3n) is 2.19. The number of hydrogen-bond acceptors (Lipinski definition) is 4. The first kappa shape index (κ1) is 9.92. The van der Waals surface area contributed by atoms with Gasteiger partial charge in [-0.2, -0.15) is 0 Å². The SMILES string of the molecule is CCNCCN1C[C@@H](O)[C@H](O)C1. The fourth-order valence-electron chi connectivity index (χ4n) is 1.44. The van der Waals surface area contributed by atoms with Crippen molar-refractivity contribution in [3.63, 3.8) is 0 Å². The Morgan fingerprint density at radius 3 is 2.42 bits per heavy atom. The first-order valence-electron chi connectivity index (χ1n) is 4.53. The largest absolute Gasteiger partial charge is 0.389 e. The average Bonchev–Trinajstić information content (AvgIpc) is 2.32. The molecule has 1 aliphatic rings. The Labute approximate surface area is 73.2 Å². The van der Waals surface area contributed by atoms with E-state index in [2.05, 4.69) is 17.1 Å². The van der Waals surface area contributed by atoms with Gasteiger partial charge in [0.25, 0.3) is 0 Å². The van der Waals surface area contributed by atoms with Crippen LogP contribution >= 0.6 is 0 Å². The van der Waals surface area contributed by atoms with Crippen LogP contribution in [0.15, 0.2) is 0 Å². The maximum absolute atomic E-state index is 9.21. The Hall–Kier alpha value is -0.160. The Kier molecular flexibility index (Phi) is 3.94. The van der Waals surface area contributed by atoms with Crippen LogP contribution in [-0.2, 0) is 0 Å². The van der Waals surface area contributed by atoms with Gasteiger partial charge in [0.1, 0.15) is 0 Å². The van der Waals surface area contributed by atoms with Crippen LogP contribution in [0.5, 0.6) is 0 Å². The van der Waals surface area contributed by atoms with Crippen molar-refractivity contribution < 1.29 is 10.2 Å². The molecule has 1 aliphatic heterocycles. The van der Waals surface area contributed by atoms with E-state index < -0.39 is 12.2 Å². The number of aliphatic hydroxyl groups is 2. The monoisotopic (exact) mass is 174 g/mol. The van der Waals surface area contributed by atoms with E-state index in [-0.39, 0.29) is 0 Å². The molecule has 1 heterocycles. The molecule has 3 N–H and O–H groups in total. The Balaban J connectivity index is 2.10. The van der Waals surface area contributed by atoms with Crippen LogP contribution in [0.2, 0.25) is 0 Å². The molecule has 0 saturated carbocycles. The standard InChI is InChI=1S/C8H18N2O2/c1-2-9-3-4-10-5-7(11)8(12)6-10/h7-9,11-12H,2-6H2,1H3/t7-,8-/m1/s1. The minimum absolute atomic E-state index is 0.549. The lowest BCUT2D eigenvalue weighted by Crippen LogP contribution is -2.31. The lowest BCUT2D eigenvalue weighted by molar-refractivity contribution is 0.0572. The van der Waals surface area contributed by atoms with Gasteiger partial charge in [-0.15, -0.1) is 0 Å². The van der Waals surface area contributed by atoms with Gasteiger partial charge in [-0.05, 0) is 6.54 Å². The van der Waals surface area contributed by atoms with E-state index in [1.54, 1.807) is 0 Å². The average molecular weight is 174 g/mol. The smallest absolute Gasteiger partial charge is 0.0938 e. The van der Waals surface area contributed by atoms with Crippen molar-refractivity contribution in [3.05, 3.63) is 0 Å². The second-order valence-corrected chi connectivity index (χ2v) is 3.25. The highest BCUT2D eigenvalue weighted by Crippen LogP contribution is 2.08. The summed E-state index contributed by atoms with van der Waals surface area (Å²) < 4.78 is 0. The predicted molar refractivity (Wildman–Crippen MR) is 47.0 cm³/mol. The van der Waals surface area contributed by atoms with Crippen LogP contribution in [0.1, 0.15) is 6.92 Å². The van der Waals surface area contributed by atoms with Gasteiger partial charge in [0, 0.05) is 26.2 Å².